The number of hydrogen-bond acceptors (Lipinski definition) is 3. The van der Waals surface area contributed by atoms with Crippen molar-refractivity contribution in [1.82, 2.24) is 0 Å². The summed E-state index contributed by atoms with van der Waals surface area (Å²) in [6.07, 6.45) is 3.21. The lowest BCUT2D eigenvalue weighted by molar-refractivity contribution is -0.680. The first-order valence-electron chi connectivity index (χ1n) is 5.04. The van der Waals surface area contributed by atoms with Crippen molar-refractivity contribution in [2.45, 2.75) is 13.3 Å². The van der Waals surface area contributed by atoms with Gasteiger partial charge >= 0.3 is 5.97 Å². The van der Waals surface area contributed by atoms with Crippen LogP contribution >= 0.6 is 0 Å². The average molecular weight is 223 g/mol. The minimum Gasteiger partial charge on any atom is -0.466 e. The summed E-state index contributed by atoms with van der Waals surface area (Å²) in [5.41, 5.74) is 0. The number of rotatable bonds is 4. The van der Waals surface area contributed by atoms with E-state index in [1.54, 1.807) is 43.2 Å². The van der Waals surface area contributed by atoms with Crippen molar-refractivity contribution >= 4 is 11.9 Å². The predicted molar refractivity (Wildman–Crippen MR) is 57.0 cm³/mol. The Bertz CT molecular complexity index is 365. The van der Waals surface area contributed by atoms with Gasteiger partial charge in [-0.15, -0.1) is 5.01 Å². The summed E-state index contributed by atoms with van der Waals surface area (Å²) >= 11 is 0. The zero-order chi connectivity index (χ0) is 12.0. The van der Waals surface area contributed by atoms with Crippen LogP contribution < -0.4 is 9.69 Å². The number of aromatic nitrogens is 1. The van der Waals surface area contributed by atoms with Crippen LogP contribution in [0, 0.1) is 0 Å². The van der Waals surface area contributed by atoms with Crippen LogP contribution in [0.15, 0.2) is 30.6 Å². The molecule has 0 spiro atoms. The third-order valence-corrected chi connectivity index (χ3v) is 2.01. The maximum absolute atomic E-state index is 11.6. The first-order chi connectivity index (χ1) is 7.65. The molecule has 0 unspecified atom stereocenters. The van der Waals surface area contributed by atoms with Gasteiger partial charge in [0.2, 0.25) is 0 Å². The zero-order valence-corrected chi connectivity index (χ0v) is 9.42. The summed E-state index contributed by atoms with van der Waals surface area (Å²) in [6.45, 7) is 1.99. The van der Waals surface area contributed by atoms with E-state index in [0.717, 1.165) is 0 Å². The van der Waals surface area contributed by atoms with Crippen molar-refractivity contribution in [3.8, 4) is 0 Å². The van der Waals surface area contributed by atoms with Crippen LogP contribution in [-0.4, -0.2) is 25.5 Å². The highest BCUT2D eigenvalue weighted by molar-refractivity contribution is 5.98. The lowest BCUT2D eigenvalue weighted by Gasteiger charge is -2.09. The van der Waals surface area contributed by atoms with Crippen molar-refractivity contribution in [3.63, 3.8) is 0 Å². The van der Waals surface area contributed by atoms with E-state index in [2.05, 4.69) is 0 Å². The Balaban J connectivity index is 2.58. The summed E-state index contributed by atoms with van der Waals surface area (Å²) < 4.78 is 6.30. The first kappa shape index (κ1) is 12.2. The van der Waals surface area contributed by atoms with E-state index in [9.17, 15) is 9.59 Å². The first-order valence-corrected chi connectivity index (χ1v) is 5.04. The molecule has 0 N–H and O–H groups in total. The quantitative estimate of drug-likeness (QED) is 0.411. The third-order valence-electron chi connectivity index (χ3n) is 2.01. The number of nitrogens with zero attached hydrogens (tertiary/aromatic N) is 2. The van der Waals surface area contributed by atoms with Crippen molar-refractivity contribution in [3.05, 3.63) is 30.6 Å². The number of esters is 1. The minimum absolute atomic E-state index is 0.244. The Morgan fingerprint density at radius 3 is 2.44 bits per heavy atom. The number of pyridine rings is 1. The van der Waals surface area contributed by atoms with Gasteiger partial charge in [-0.2, -0.15) is 0 Å². The van der Waals surface area contributed by atoms with Crippen LogP contribution in [-0.2, 0) is 14.3 Å². The number of hydrogen-bond donors (Lipinski definition) is 0. The molecule has 86 valence electrons. The van der Waals surface area contributed by atoms with Gasteiger partial charge in [-0.05, 0) is 6.92 Å². The molecule has 0 aromatic carbocycles. The summed E-state index contributed by atoms with van der Waals surface area (Å²) in [5.74, 6) is -0.814. The summed E-state index contributed by atoms with van der Waals surface area (Å²) in [7, 11) is 1.60. The SMILES string of the molecule is CCOC(=O)CC(=O)N(C)[n+]1ccccc1. The molecule has 0 bridgehead atoms. The summed E-state index contributed by atoms with van der Waals surface area (Å²) in [4.78, 5) is 22.7. The highest BCUT2D eigenvalue weighted by Crippen LogP contribution is 1.90. The van der Waals surface area contributed by atoms with Gasteiger partial charge in [0.1, 0.15) is 6.42 Å². The van der Waals surface area contributed by atoms with Gasteiger partial charge in [-0.3, -0.25) is 9.59 Å². The van der Waals surface area contributed by atoms with Crippen LogP contribution in [0.2, 0.25) is 0 Å². The van der Waals surface area contributed by atoms with Crippen LogP contribution in [0.5, 0.6) is 0 Å². The molecule has 1 heterocycles. The molecule has 0 aliphatic heterocycles. The fraction of sp³-hybridized carbons (Fsp3) is 0.364. The predicted octanol–water partition coefficient (Wildman–Crippen LogP) is 0.0217. The molecule has 16 heavy (non-hydrogen) atoms. The van der Waals surface area contributed by atoms with Gasteiger partial charge in [0.15, 0.2) is 12.4 Å². The number of ether oxygens (including phenoxy) is 1. The van der Waals surface area contributed by atoms with Gasteiger partial charge in [-0.25, -0.2) is 0 Å². The smallest absolute Gasteiger partial charge is 0.315 e. The lowest BCUT2D eigenvalue weighted by Crippen LogP contribution is -2.58. The molecule has 0 aliphatic carbocycles. The highest BCUT2D eigenvalue weighted by atomic mass is 16.5. The van der Waals surface area contributed by atoms with Crippen molar-refractivity contribution < 1.29 is 19.0 Å². The van der Waals surface area contributed by atoms with E-state index in [4.69, 9.17) is 4.74 Å². The molecular weight excluding hydrogens is 208 g/mol. The zero-order valence-electron chi connectivity index (χ0n) is 9.42. The molecule has 5 nitrogen and oxygen atoms in total. The average Bonchev–Trinajstić information content (AvgIpc) is 2.29. The van der Waals surface area contributed by atoms with Crippen LogP contribution in [0.1, 0.15) is 13.3 Å². The van der Waals surface area contributed by atoms with Gasteiger partial charge in [0.05, 0.1) is 13.7 Å². The lowest BCUT2D eigenvalue weighted by atomic mass is 10.4. The van der Waals surface area contributed by atoms with Crippen LogP contribution in [0.3, 0.4) is 0 Å². The standard InChI is InChI=1S/C11H15N2O3/c1-3-16-11(15)9-10(14)12(2)13-7-5-4-6-8-13/h4-8H,3,9H2,1-2H3/q+1. The van der Waals surface area contributed by atoms with Gasteiger partial charge in [-0.1, -0.05) is 10.7 Å². The van der Waals surface area contributed by atoms with Crippen LogP contribution in [0.25, 0.3) is 0 Å². The van der Waals surface area contributed by atoms with Crippen LogP contribution in [0.4, 0.5) is 0 Å². The molecule has 0 atom stereocenters. The highest BCUT2D eigenvalue weighted by Gasteiger charge is 2.20. The third kappa shape index (κ3) is 3.34. The van der Waals surface area contributed by atoms with E-state index < -0.39 is 5.97 Å². The summed E-state index contributed by atoms with van der Waals surface area (Å²) in [5, 5.41) is 1.36. The number of carbonyl (C=O) groups is 2. The largest absolute Gasteiger partial charge is 0.466 e. The Morgan fingerprint density at radius 2 is 1.88 bits per heavy atom. The van der Waals surface area contributed by atoms with Gasteiger partial charge in [0, 0.05) is 12.1 Å². The van der Waals surface area contributed by atoms with E-state index in [-0.39, 0.29) is 18.9 Å². The maximum atomic E-state index is 11.6. The molecule has 0 fully saturated rings. The number of carbonyl (C=O) groups excluding carboxylic acids is 2. The summed E-state index contributed by atoms with van der Waals surface area (Å²) in [6, 6.07) is 5.45. The van der Waals surface area contributed by atoms with Crippen molar-refractivity contribution in [2.24, 2.45) is 0 Å². The molecular formula is C11H15N2O3+. The Labute approximate surface area is 94.2 Å². The molecule has 1 amide bonds. The fourth-order valence-electron chi connectivity index (χ4n) is 1.17. The van der Waals surface area contributed by atoms with Crippen molar-refractivity contribution in [1.29, 1.82) is 0 Å². The topological polar surface area (TPSA) is 50.5 Å². The second kappa shape index (κ2) is 5.85. The Kier molecular flexibility index (Phi) is 4.44. The van der Waals surface area contributed by atoms with E-state index >= 15 is 0 Å². The van der Waals surface area contributed by atoms with Gasteiger partial charge < -0.3 is 4.74 Å². The molecule has 0 radical (unpaired) electrons. The molecule has 0 saturated carbocycles. The normalized spacial score (nSPS) is 9.62. The molecule has 0 aliphatic rings. The van der Waals surface area contributed by atoms with Gasteiger partial charge in [0.25, 0.3) is 5.91 Å². The molecule has 1 aromatic rings. The van der Waals surface area contributed by atoms with E-state index in [1.807, 2.05) is 6.07 Å². The Morgan fingerprint density at radius 1 is 1.25 bits per heavy atom. The van der Waals surface area contributed by atoms with Crippen molar-refractivity contribution in [2.75, 3.05) is 18.7 Å². The Hall–Kier alpha value is -1.91. The second-order valence-corrected chi connectivity index (χ2v) is 3.15. The molecule has 1 rings (SSSR count). The molecule has 1 aromatic heterocycles. The molecule has 0 saturated heterocycles. The molecule has 5 heteroatoms. The minimum atomic E-state index is -0.504. The number of amides is 1. The second-order valence-electron chi connectivity index (χ2n) is 3.15. The maximum Gasteiger partial charge on any atom is 0.315 e. The fourth-order valence-corrected chi connectivity index (χ4v) is 1.17. The monoisotopic (exact) mass is 223 g/mol. The van der Waals surface area contributed by atoms with E-state index in [0.29, 0.717) is 0 Å². The van der Waals surface area contributed by atoms with E-state index in [1.165, 1.54) is 5.01 Å².